The Morgan fingerprint density at radius 1 is 0.939 bits per heavy atom. The zero-order valence-electron chi connectivity index (χ0n) is 19.1. The molecule has 0 radical (unpaired) electrons. The molecular formula is C27H30N4O2. The van der Waals surface area contributed by atoms with Crippen molar-refractivity contribution in [2.24, 2.45) is 11.8 Å². The summed E-state index contributed by atoms with van der Waals surface area (Å²) in [5.74, 6) is 3.02. The normalized spacial score (nSPS) is 20.2. The van der Waals surface area contributed by atoms with E-state index < -0.39 is 0 Å². The quantitative estimate of drug-likeness (QED) is 0.522. The summed E-state index contributed by atoms with van der Waals surface area (Å²) in [6, 6.07) is 7.19. The van der Waals surface area contributed by atoms with Crippen LogP contribution in [0, 0.1) is 11.8 Å². The zero-order chi connectivity index (χ0) is 22.8. The number of ketones is 1. The highest BCUT2D eigenvalue weighted by Crippen LogP contribution is 2.39. The predicted molar refractivity (Wildman–Crippen MR) is 126 cm³/mol. The fourth-order valence-electron chi connectivity index (χ4n) is 5.01. The zero-order valence-corrected chi connectivity index (χ0v) is 19.1. The predicted octanol–water partition coefficient (Wildman–Crippen LogP) is 4.23. The molecule has 2 aliphatic rings. The van der Waals surface area contributed by atoms with Crippen LogP contribution in [0.3, 0.4) is 0 Å². The molecule has 33 heavy (non-hydrogen) atoms. The Morgan fingerprint density at radius 3 is 2.36 bits per heavy atom. The molecule has 6 heteroatoms. The lowest BCUT2D eigenvalue weighted by molar-refractivity contribution is -0.116. The topological polar surface area (TPSA) is 77.7 Å². The third-order valence-corrected chi connectivity index (χ3v) is 6.91. The number of carbonyl (C=O) groups is 1. The smallest absolute Gasteiger partial charge is 0.255 e. The summed E-state index contributed by atoms with van der Waals surface area (Å²) in [6.45, 7) is 1.55. The van der Waals surface area contributed by atoms with Crippen LogP contribution in [0.15, 0.2) is 53.8 Å². The molecule has 0 saturated heterocycles. The van der Waals surface area contributed by atoms with E-state index in [1.54, 1.807) is 30.0 Å². The van der Waals surface area contributed by atoms with Gasteiger partial charge in [-0.2, -0.15) is 0 Å². The Balaban J connectivity index is 1.18. The molecule has 2 atom stereocenters. The standard InChI is InChI=1S/C27H30N4O2/c1-18(32)10-21-4-9-27(33)31(17-21)25-8-7-24(28-16-25)12-19-2-3-20(11-19)13-26-29-14-23(15-30-26)22-5-6-22/h4,7-9,14-17,19-20,22H,2-3,5-6,10-13H2,1H3/t19-,20-/m0/s1. The highest BCUT2D eigenvalue weighted by Gasteiger charge is 2.27. The van der Waals surface area contributed by atoms with E-state index >= 15 is 0 Å². The molecule has 0 N–H and O–H groups in total. The van der Waals surface area contributed by atoms with E-state index in [1.165, 1.54) is 43.7 Å². The number of rotatable bonds is 8. The number of nitrogens with zero attached hydrogens (tertiary/aromatic N) is 4. The molecule has 0 bridgehead atoms. The third-order valence-electron chi connectivity index (χ3n) is 6.91. The SMILES string of the molecule is CC(=O)Cc1ccc(=O)n(-c2ccc(C[C@H]3CC[C@H](Cc4ncc(C5CC5)cn4)C3)nc2)c1. The van der Waals surface area contributed by atoms with Crippen molar-refractivity contribution in [3.63, 3.8) is 0 Å². The summed E-state index contributed by atoms with van der Waals surface area (Å²) < 4.78 is 1.56. The van der Waals surface area contributed by atoms with Crippen LogP contribution >= 0.6 is 0 Å². The van der Waals surface area contributed by atoms with Crippen molar-refractivity contribution in [1.29, 1.82) is 0 Å². The van der Waals surface area contributed by atoms with Crippen molar-refractivity contribution >= 4 is 5.78 Å². The van der Waals surface area contributed by atoms with Gasteiger partial charge in [0, 0.05) is 43.2 Å². The van der Waals surface area contributed by atoms with Crippen LogP contribution in [0.4, 0.5) is 0 Å². The van der Waals surface area contributed by atoms with Crippen molar-refractivity contribution in [3.8, 4) is 5.69 Å². The number of Topliss-reactive ketones (excluding diaryl/α,β-unsaturated/α-hetero) is 1. The van der Waals surface area contributed by atoms with E-state index in [0.717, 1.165) is 35.6 Å². The van der Waals surface area contributed by atoms with Crippen LogP contribution in [-0.4, -0.2) is 25.3 Å². The van der Waals surface area contributed by atoms with Crippen LogP contribution in [0.1, 0.15) is 67.6 Å². The average molecular weight is 443 g/mol. The van der Waals surface area contributed by atoms with Gasteiger partial charge in [-0.25, -0.2) is 9.97 Å². The van der Waals surface area contributed by atoms with E-state index in [1.807, 2.05) is 24.5 Å². The van der Waals surface area contributed by atoms with Gasteiger partial charge in [0.25, 0.3) is 5.56 Å². The van der Waals surface area contributed by atoms with E-state index in [4.69, 9.17) is 0 Å². The second-order valence-corrected chi connectivity index (χ2v) is 9.79. The first kappa shape index (κ1) is 21.7. The molecular weight excluding hydrogens is 412 g/mol. The Kier molecular flexibility index (Phi) is 6.16. The van der Waals surface area contributed by atoms with E-state index in [-0.39, 0.29) is 11.3 Å². The fraction of sp³-hybridized carbons (Fsp3) is 0.444. The molecule has 2 aliphatic carbocycles. The molecule has 0 unspecified atom stereocenters. The minimum Gasteiger partial charge on any atom is -0.300 e. The number of carbonyl (C=O) groups excluding carboxylic acids is 1. The molecule has 0 aromatic carbocycles. The summed E-state index contributed by atoms with van der Waals surface area (Å²) in [4.78, 5) is 37.6. The molecule has 170 valence electrons. The Morgan fingerprint density at radius 2 is 1.70 bits per heavy atom. The maximum Gasteiger partial charge on any atom is 0.255 e. The van der Waals surface area contributed by atoms with Gasteiger partial charge in [0.05, 0.1) is 11.9 Å². The largest absolute Gasteiger partial charge is 0.300 e. The fourth-order valence-corrected chi connectivity index (χ4v) is 5.01. The lowest BCUT2D eigenvalue weighted by atomic mass is 9.97. The van der Waals surface area contributed by atoms with E-state index in [9.17, 15) is 9.59 Å². The number of hydrogen-bond donors (Lipinski definition) is 0. The minimum atomic E-state index is -0.122. The van der Waals surface area contributed by atoms with Crippen molar-refractivity contribution in [1.82, 2.24) is 19.5 Å². The molecule has 3 heterocycles. The highest BCUT2D eigenvalue weighted by molar-refractivity contribution is 5.78. The van der Waals surface area contributed by atoms with E-state index in [2.05, 4.69) is 15.0 Å². The maximum atomic E-state index is 12.3. The Bertz CT molecular complexity index is 1180. The molecule has 3 aromatic heterocycles. The lowest BCUT2D eigenvalue weighted by Crippen LogP contribution is -2.18. The van der Waals surface area contributed by atoms with Gasteiger partial charge in [-0.15, -0.1) is 0 Å². The van der Waals surface area contributed by atoms with Crippen molar-refractivity contribution in [2.75, 3.05) is 0 Å². The lowest BCUT2D eigenvalue weighted by Gasteiger charge is -2.12. The minimum absolute atomic E-state index is 0.0744. The Labute approximate surface area is 194 Å². The van der Waals surface area contributed by atoms with Crippen molar-refractivity contribution < 1.29 is 4.79 Å². The highest BCUT2D eigenvalue weighted by atomic mass is 16.1. The summed E-state index contributed by atoms with van der Waals surface area (Å²) in [5, 5.41) is 0. The van der Waals surface area contributed by atoms with Crippen LogP contribution in [0.2, 0.25) is 0 Å². The third kappa shape index (κ3) is 5.44. The molecule has 2 fully saturated rings. The summed E-state index contributed by atoms with van der Waals surface area (Å²) >= 11 is 0. The van der Waals surface area contributed by atoms with Gasteiger partial charge in [-0.3, -0.25) is 19.1 Å². The molecule has 0 spiro atoms. The Hall–Kier alpha value is -3.15. The van der Waals surface area contributed by atoms with Gasteiger partial charge in [-0.05, 0) is 86.5 Å². The first-order valence-electron chi connectivity index (χ1n) is 12.0. The second-order valence-electron chi connectivity index (χ2n) is 9.79. The number of aromatic nitrogens is 4. The van der Waals surface area contributed by atoms with Gasteiger partial charge < -0.3 is 0 Å². The van der Waals surface area contributed by atoms with Crippen molar-refractivity contribution in [2.45, 2.75) is 64.2 Å². The monoisotopic (exact) mass is 442 g/mol. The van der Waals surface area contributed by atoms with Crippen LogP contribution in [-0.2, 0) is 24.1 Å². The van der Waals surface area contributed by atoms with Gasteiger partial charge in [0.1, 0.15) is 11.6 Å². The molecule has 0 aliphatic heterocycles. The number of hydrogen-bond acceptors (Lipinski definition) is 5. The van der Waals surface area contributed by atoms with Gasteiger partial charge >= 0.3 is 0 Å². The molecule has 2 saturated carbocycles. The molecule has 5 rings (SSSR count). The first-order chi connectivity index (χ1) is 16.0. The first-order valence-corrected chi connectivity index (χ1v) is 12.0. The van der Waals surface area contributed by atoms with Crippen LogP contribution in [0.5, 0.6) is 0 Å². The maximum absolute atomic E-state index is 12.3. The van der Waals surface area contributed by atoms with Gasteiger partial charge in [0.2, 0.25) is 0 Å². The summed E-state index contributed by atoms with van der Waals surface area (Å²) in [5.41, 5.74) is 3.79. The summed E-state index contributed by atoms with van der Waals surface area (Å²) in [7, 11) is 0. The molecule has 3 aromatic rings. The number of pyridine rings is 2. The van der Waals surface area contributed by atoms with Gasteiger partial charge in [0.15, 0.2) is 0 Å². The van der Waals surface area contributed by atoms with Crippen LogP contribution < -0.4 is 5.56 Å². The average Bonchev–Trinajstić information content (AvgIpc) is 3.57. The second kappa shape index (κ2) is 9.38. The van der Waals surface area contributed by atoms with E-state index in [0.29, 0.717) is 24.2 Å². The van der Waals surface area contributed by atoms with Gasteiger partial charge in [-0.1, -0.05) is 6.07 Å². The summed E-state index contributed by atoms with van der Waals surface area (Å²) in [6.07, 6.45) is 16.0. The van der Waals surface area contributed by atoms with Crippen molar-refractivity contribution in [3.05, 3.63) is 82.1 Å². The molecule has 0 amide bonds. The van der Waals surface area contributed by atoms with Crippen LogP contribution in [0.25, 0.3) is 5.69 Å². The molecule has 6 nitrogen and oxygen atoms in total.